The van der Waals surface area contributed by atoms with Crippen molar-refractivity contribution in [1.82, 2.24) is 14.5 Å². The number of alkyl halides is 3. The summed E-state index contributed by atoms with van der Waals surface area (Å²) in [4.78, 5) is 20.6. The third-order valence-corrected chi connectivity index (χ3v) is 5.47. The average molecular weight is 436 g/mol. The molecule has 6 nitrogen and oxygen atoms in total. The SMILES string of the molecule is CC(O)(CC(=O)Nc1nc2ccc(C(F)(F)F)nc2n1C1CCC1)c1cccc(F)c1. The summed E-state index contributed by atoms with van der Waals surface area (Å²) in [5, 5.41) is 13.3. The van der Waals surface area contributed by atoms with E-state index in [1.165, 1.54) is 35.8 Å². The molecule has 1 fully saturated rings. The van der Waals surface area contributed by atoms with Crippen molar-refractivity contribution in [2.45, 2.75) is 50.4 Å². The second kappa shape index (κ2) is 7.60. The first-order valence-corrected chi connectivity index (χ1v) is 9.79. The van der Waals surface area contributed by atoms with Gasteiger partial charge in [-0.05, 0) is 56.0 Å². The van der Waals surface area contributed by atoms with Gasteiger partial charge in [-0.3, -0.25) is 14.7 Å². The van der Waals surface area contributed by atoms with E-state index in [2.05, 4.69) is 15.3 Å². The van der Waals surface area contributed by atoms with Crippen LogP contribution in [0.15, 0.2) is 36.4 Å². The van der Waals surface area contributed by atoms with Crippen LogP contribution in [0, 0.1) is 5.82 Å². The molecule has 1 atom stereocenters. The Hall–Kier alpha value is -3.01. The number of amides is 1. The van der Waals surface area contributed by atoms with Gasteiger partial charge >= 0.3 is 6.18 Å². The number of rotatable bonds is 5. The van der Waals surface area contributed by atoms with Gasteiger partial charge in [0.2, 0.25) is 11.9 Å². The number of nitrogens with zero attached hydrogens (tertiary/aromatic N) is 3. The number of halogens is 4. The van der Waals surface area contributed by atoms with Gasteiger partial charge in [-0.2, -0.15) is 13.2 Å². The van der Waals surface area contributed by atoms with Gasteiger partial charge in [-0.15, -0.1) is 0 Å². The molecule has 0 spiro atoms. The molecule has 0 bridgehead atoms. The number of anilines is 1. The number of hydrogen-bond acceptors (Lipinski definition) is 4. The van der Waals surface area contributed by atoms with Crippen LogP contribution < -0.4 is 5.32 Å². The maximum absolute atomic E-state index is 13.5. The maximum atomic E-state index is 13.5. The number of fused-ring (bicyclic) bond motifs is 1. The molecule has 2 heterocycles. The standard InChI is InChI=1S/C21H20F4N4O2/c1-20(31,12-4-2-5-13(22)10-12)11-17(30)28-19-26-15-8-9-16(21(23,24)25)27-18(15)29(19)14-6-3-7-14/h2,4-5,8-10,14,31H,3,6-7,11H2,1H3,(H,26,28,30). The lowest BCUT2D eigenvalue weighted by Crippen LogP contribution is -2.30. The molecule has 2 aromatic heterocycles. The van der Waals surface area contributed by atoms with Crippen LogP contribution in [0.2, 0.25) is 0 Å². The lowest BCUT2D eigenvalue weighted by molar-refractivity contribution is -0.141. The molecule has 1 aliphatic carbocycles. The van der Waals surface area contributed by atoms with Gasteiger partial charge in [-0.25, -0.2) is 14.4 Å². The summed E-state index contributed by atoms with van der Waals surface area (Å²) in [5.41, 5.74) is -2.18. The van der Waals surface area contributed by atoms with Crippen LogP contribution in [0.25, 0.3) is 11.2 Å². The maximum Gasteiger partial charge on any atom is 0.433 e. The van der Waals surface area contributed by atoms with Gasteiger partial charge in [0, 0.05) is 6.04 Å². The molecular formula is C21H20F4N4O2. The summed E-state index contributed by atoms with van der Waals surface area (Å²) in [7, 11) is 0. The highest BCUT2D eigenvalue weighted by Crippen LogP contribution is 2.38. The Morgan fingerprint density at radius 3 is 2.58 bits per heavy atom. The van der Waals surface area contributed by atoms with E-state index in [1.54, 1.807) is 0 Å². The Morgan fingerprint density at radius 1 is 1.23 bits per heavy atom. The summed E-state index contributed by atoms with van der Waals surface area (Å²) < 4.78 is 54.4. The molecule has 31 heavy (non-hydrogen) atoms. The molecule has 0 radical (unpaired) electrons. The van der Waals surface area contributed by atoms with Crippen molar-refractivity contribution in [3.8, 4) is 0 Å². The summed E-state index contributed by atoms with van der Waals surface area (Å²) >= 11 is 0. The quantitative estimate of drug-likeness (QED) is 0.575. The van der Waals surface area contributed by atoms with E-state index in [4.69, 9.17) is 0 Å². The molecular weight excluding hydrogens is 416 g/mol. The van der Waals surface area contributed by atoms with Crippen LogP contribution in [0.1, 0.15) is 49.9 Å². The third-order valence-electron chi connectivity index (χ3n) is 5.47. The van der Waals surface area contributed by atoms with Crippen molar-refractivity contribution >= 4 is 23.0 Å². The smallest absolute Gasteiger partial charge is 0.385 e. The van der Waals surface area contributed by atoms with Crippen molar-refractivity contribution in [3.63, 3.8) is 0 Å². The molecule has 2 N–H and O–H groups in total. The fourth-order valence-electron chi connectivity index (χ4n) is 3.62. The number of benzene rings is 1. The molecule has 10 heteroatoms. The van der Waals surface area contributed by atoms with Crippen molar-refractivity contribution in [1.29, 1.82) is 0 Å². The van der Waals surface area contributed by atoms with Gasteiger partial charge < -0.3 is 5.11 Å². The zero-order valence-electron chi connectivity index (χ0n) is 16.6. The zero-order valence-corrected chi connectivity index (χ0v) is 16.6. The first-order valence-electron chi connectivity index (χ1n) is 9.79. The van der Waals surface area contributed by atoms with Gasteiger partial charge in [0.15, 0.2) is 5.65 Å². The highest BCUT2D eigenvalue weighted by molar-refractivity contribution is 5.91. The second-order valence-corrected chi connectivity index (χ2v) is 7.94. The Morgan fingerprint density at radius 2 is 1.97 bits per heavy atom. The molecule has 1 unspecified atom stereocenters. The van der Waals surface area contributed by atoms with Crippen molar-refractivity contribution < 1.29 is 27.5 Å². The van der Waals surface area contributed by atoms with E-state index in [9.17, 15) is 27.5 Å². The Kier molecular flexibility index (Phi) is 5.20. The minimum Gasteiger partial charge on any atom is -0.385 e. The number of imidazole rings is 1. The highest BCUT2D eigenvalue weighted by Gasteiger charge is 2.35. The van der Waals surface area contributed by atoms with Crippen LogP contribution >= 0.6 is 0 Å². The van der Waals surface area contributed by atoms with Crippen molar-refractivity contribution in [2.24, 2.45) is 0 Å². The zero-order chi connectivity index (χ0) is 22.4. The number of nitrogens with one attached hydrogen (secondary N) is 1. The Labute approximate surface area is 174 Å². The topological polar surface area (TPSA) is 80.0 Å². The van der Waals surface area contributed by atoms with Crippen LogP contribution in [0.4, 0.5) is 23.5 Å². The molecule has 164 valence electrons. The fraction of sp³-hybridized carbons (Fsp3) is 0.381. The summed E-state index contributed by atoms with van der Waals surface area (Å²) in [6, 6.07) is 7.24. The minimum absolute atomic E-state index is 0.0479. The molecule has 1 aromatic carbocycles. The van der Waals surface area contributed by atoms with Gasteiger partial charge in [0.05, 0.1) is 12.0 Å². The van der Waals surface area contributed by atoms with Crippen molar-refractivity contribution in [2.75, 3.05) is 5.32 Å². The van der Waals surface area contributed by atoms with Gasteiger partial charge in [0.1, 0.15) is 17.0 Å². The van der Waals surface area contributed by atoms with E-state index in [0.29, 0.717) is 0 Å². The molecule has 0 aliphatic heterocycles. The molecule has 1 amide bonds. The highest BCUT2D eigenvalue weighted by atomic mass is 19.4. The lowest BCUT2D eigenvalue weighted by atomic mass is 9.92. The Bertz CT molecular complexity index is 1140. The first kappa shape index (κ1) is 21.2. The second-order valence-electron chi connectivity index (χ2n) is 7.94. The number of pyridine rings is 1. The monoisotopic (exact) mass is 436 g/mol. The fourth-order valence-corrected chi connectivity index (χ4v) is 3.62. The normalized spacial score (nSPS) is 16.7. The van der Waals surface area contributed by atoms with Gasteiger partial charge in [0.25, 0.3) is 0 Å². The van der Waals surface area contributed by atoms with Crippen LogP contribution in [0.5, 0.6) is 0 Å². The molecule has 4 rings (SSSR count). The van der Waals surface area contributed by atoms with Gasteiger partial charge in [-0.1, -0.05) is 12.1 Å². The number of carbonyl (C=O) groups is 1. The van der Waals surface area contributed by atoms with Crippen molar-refractivity contribution in [3.05, 3.63) is 53.5 Å². The average Bonchev–Trinajstić information content (AvgIpc) is 2.96. The first-order chi connectivity index (χ1) is 14.5. The summed E-state index contributed by atoms with van der Waals surface area (Å²) in [6.07, 6.45) is -2.63. The summed E-state index contributed by atoms with van der Waals surface area (Å²) in [5.74, 6) is -1.08. The third kappa shape index (κ3) is 4.25. The largest absolute Gasteiger partial charge is 0.433 e. The van der Waals surface area contributed by atoms with E-state index in [-0.39, 0.29) is 28.7 Å². The van der Waals surface area contributed by atoms with E-state index in [0.717, 1.165) is 31.4 Å². The van der Waals surface area contributed by atoms with Crippen LogP contribution in [0.3, 0.4) is 0 Å². The molecule has 1 saturated carbocycles. The van der Waals surface area contributed by atoms with E-state index < -0.39 is 35.6 Å². The molecule has 3 aromatic rings. The van der Waals surface area contributed by atoms with Crippen LogP contribution in [-0.2, 0) is 16.6 Å². The number of carbonyl (C=O) groups excluding carboxylic acids is 1. The predicted octanol–water partition coefficient (Wildman–Crippen LogP) is 4.55. The van der Waals surface area contributed by atoms with E-state index >= 15 is 0 Å². The Balaban J connectivity index is 1.63. The number of hydrogen-bond donors (Lipinski definition) is 2. The molecule has 1 aliphatic rings. The van der Waals surface area contributed by atoms with E-state index in [1.807, 2.05) is 0 Å². The minimum atomic E-state index is -4.60. The predicted molar refractivity (Wildman–Crippen MR) is 105 cm³/mol. The van der Waals surface area contributed by atoms with Crippen LogP contribution in [-0.4, -0.2) is 25.5 Å². The number of aromatic nitrogens is 3. The number of aliphatic hydroxyl groups is 1. The lowest BCUT2D eigenvalue weighted by Gasteiger charge is -2.29. The molecule has 0 saturated heterocycles. The summed E-state index contributed by atoms with van der Waals surface area (Å²) in [6.45, 7) is 1.38.